The maximum absolute atomic E-state index is 11.8. The van der Waals surface area contributed by atoms with E-state index in [1.165, 1.54) is 0 Å². The fourth-order valence-electron chi connectivity index (χ4n) is 8.83. The van der Waals surface area contributed by atoms with Crippen LogP contribution in [0.15, 0.2) is 0 Å². The number of ether oxygens (including phenoxy) is 27. The van der Waals surface area contributed by atoms with Crippen molar-refractivity contribution in [3.63, 3.8) is 0 Å². The normalized spacial score (nSPS) is 12.6. The molecule has 0 saturated carbocycles. The van der Waals surface area contributed by atoms with Crippen LogP contribution in [0.5, 0.6) is 0 Å². The van der Waals surface area contributed by atoms with Crippen LogP contribution in [0.1, 0.15) is 270 Å². The summed E-state index contributed by atoms with van der Waals surface area (Å²) in [5.74, 6) is -0.141. The van der Waals surface area contributed by atoms with Crippen LogP contribution in [-0.2, 0) is 137 Å². The second-order valence-corrected chi connectivity index (χ2v) is 43.1. The summed E-state index contributed by atoms with van der Waals surface area (Å²) in [6.07, 6.45) is 0.757. The van der Waals surface area contributed by atoms with Crippen LogP contribution in [0.2, 0.25) is 0 Å². The minimum Gasteiger partial charge on any atom is -0.378 e. The Balaban J connectivity index is -0.000000284. The molecule has 3 N–H and O–H groups in total. The molecule has 2 amide bonds. The lowest BCUT2D eigenvalue weighted by Gasteiger charge is -2.31. The molecule has 0 bridgehead atoms. The quantitative estimate of drug-likeness (QED) is 0.0476. The first-order valence-corrected chi connectivity index (χ1v) is 49.5. The first-order valence-electron chi connectivity index (χ1n) is 49.5. The van der Waals surface area contributed by atoms with Crippen LogP contribution in [0.25, 0.3) is 0 Å². The van der Waals surface area contributed by atoms with Crippen molar-refractivity contribution in [1.29, 1.82) is 0 Å². The molecule has 0 atom stereocenters. The Morgan fingerprint density at radius 2 is 0.363 bits per heavy atom. The highest BCUT2D eigenvalue weighted by molar-refractivity contribution is 5.78. The maximum atomic E-state index is 11.8. The molecule has 0 radical (unpaired) electrons. The number of amides is 2. The molecule has 33 heteroatoms. The zero-order chi connectivity index (χ0) is 105. The standard InChI is InChI=1S/C18H37NO6.C15H33NO4.C15H32O5.C14H29NO4.C14H31NO3.C14H30O4.C12H26O3/c1-16(2)25-14-13-23-10-9-21-7-8-22-11-12-24-15-17(20)19(6)18(3,4)5;1-14(2)20-13-12-19-11-10-18-9-8-17-7-6-16-15(3,4)5;1-14(2)19-12-10-17-8-6-16-7-9-18-11-13-20-15(3,4)5;1-13(2,3)15-12(16)11-18-8-7-17-9-10-19-14(4,5)6;1-13(2,3)15-7-8-16-9-10-17-11-12-18-14(4,5)6;1-13(2,3)17-11-9-15-7-8-16-10-12-18-14(4,5)6;1-11(2,3)14-9-7-13-8-10-15-12(4,5)6/h16H,7-15H2,1-6H3;14,16H,6-13H2,1-5H3;14H,6-13H2,1-5H3;7-11H2,1-6H3,(H,15,16);15H,7-12H2,1-6H3;7-12H2,1-6H3;7-10H2,1-6H3. The van der Waals surface area contributed by atoms with Gasteiger partial charge in [0.25, 0.3) is 0 Å². The number of carbonyl (C=O) groups is 2. The van der Waals surface area contributed by atoms with Crippen molar-refractivity contribution in [3.8, 4) is 0 Å². The zero-order valence-electron chi connectivity index (χ0n) is 94.5. The van der Waals surface area contributed by atoms with Gasteiger partial charge in [-0.2, -0.15) is 0 Å². The summed E-state index contributed by atoms with van der Waals surface area (Å²) in [5.41, 5.74) is -0.772. The van der Waals surface area contributed by atoms with Crippen LogP contribution in [0, 0.1) is 0 Å². The molecule has 0 aromatic carbocycles. The zero-order valence-corrected chi connectivity index (χ0v) is 94.5. The molecule has 0 rings (SSSR count). The van der Waals surface area contributed by atoms with E-state index in [4.69, 9.17) is 128 Å². The number of nitrogens with one attached hydrogen (secondary N) is 3. The highest BCUT2D eigenvalue weighted by Gasteiger charge is 2.23. The highest BCUT2D eigenvalue weighted by atomic mass is 16.6. The molecule has 33 nitrogen and oxygen atoms in total. The van der Waals surface area contributed by atoms with Gasteiger partial charge in [0.1, 0.15) is 13.2 Å². The monoisotopic (exact) mass is 1960 g/mol. The van der Waals surface area contributed by atoms with E-state index in [0.29, 0.717) is 271 Å². The largest absolute Gasteiger partial charge is 0.378 e. The summed E-state index contributed by atoms with van der Waals surface area (Å²) in [7, 11) is 1.78. The summed E-state index contributed by atoms with van der Waals surface area (Å²) in [6, 6.07) is 0. The number of rotatable bonds is 73. The molecule has 0 spiro atoms. The summed E-state index contributed by atoms with van der Waals surface area (Å²) in [5, 5.41) is 9.55. The number of hydrogen-bond donors (Lipinski definition) is 3. The van der Waals surface area contributed by atoms with E-state index in [9.17, 15) is 9.59 Å². The number of hydrogen-bond acceptors (Lipinski definition) is 31. The van der Waals surface area contributed by atoms with Gasteiger partial charge in [-0.3, -0.25) is 9.59 Å². The Morgan fingerprint density at radius 1 is 0.207 bits per heavy atom. The van der Waals surface area contributed by atoms with Crippen molar-refractivity contribution >= 4 is 11.8 Å². The third kappa shape index (κ3) is 160. The second-order valence-electron chi connectivity index (χ2n) is 43.1. The van der Waals surface area contributed by atoms with Gasteiger partial charge in [-0.25, -0.2) is 0 Å². The molecule has 0 aliphatic rings. The molecule has 0 aromatic rings. The third-order valence-corrected chi connectivity index (χ3v) is 15.3. The predicted octanol–water partition coefficient (Wildman–Crippen LogP) is 15.1. The summed E-state index contributed by atoms with van der Waals surface area (Å²) < 4.78 is 146. The van der Waals surface area contributed by atoms with Crippen molar-refractivity contribution in [2.75, 3.05) is 311 Å². The Morgan fingerprint density at radius 3 is 0.519 bits per heavy atom. The van der Waals surface area contributed by atoms with Crippen LogP contribution in [-0.4, -0.2) is 407 Å². The Kier molecular flexibility index (Phi) is 97.7. The highest BCUT2D eigenvalue weighted by Crippen LogP contribution is 2.14. The first kappa shape index (κ1) is 146. The lowest BCUT2D eigenvalue weighted by molar-refractivity contribution is -0.139. The minimum absolute atomic E-state index is 0.0328. The van der Waals surface area contributed by atoms with Crippen molar-refractivity contribution in [2.24, 2.45) is 0 Å². The number of nitrogens with zero attached hydrogens (tertiary/aromatic N) is 1. The van der Waals surface area contributed by atoms with Crippen LogP contribution in [0.4, 0.5) is 0 Å². The molecular formula is C102H218N4O29. The average molecular weight is 1960 g/mol. The van der Waals surface area contributed by atoms with Crippen molar-refractivity contribution < 1.29 is 137 Å². The van der Waals surface area contributed by atoms with Crippen molar-refractivity contribution in [3.05, 3.63) is 0 Å². The third-order valence-electron chi connectivity index (χ3n) is 15.3. The van der Waals surface area contributed by atoms with E-state index in [0.717, 1.165) is 19.7 Å². The lowest BCUT2D eigenvalue weighted by Crippen LogP contribution is -2.44. The van der Waals surface area contributed by atoms with Gasteiger partial charge in [-0.1, -0.05) is 0 Å². The first-order chi connectivity index (χ1) is 62.3. The van der Waals surface area contributed by atoms with Crippen molar-refractivity contribution in [2.45, 2.75) is 350 Å². The van der Waals surface area contributed by atoms with Gasteiger partial charge in [0.05, 0.1) is 335 Å². The van der Waals surface area contributed by atoms with Crippen LogP contribution >= 0.6 is 0 Å². The van der Waals surface area contributed by atoms with E-state index in [2.05, 4.69) is 57.5 Å². The van der Waals surface area contributed by atoms with Gasteiger partial charge in [-0.15, -0.1) is 0 Å². The minimum atomic E-state index is -0.221. The summed E-state index contributed by atoms with van der Waals surface area (Å²) >= 11 is 0. The molecule has 0 unspecified atom stereocenters. The Bertz CT molecular complexity index is 2310. The predicted molar refractivity (Wildman–Crippen MR) is 543 cm³/mol. The van der Waals surface area contributed by atoms with E-state index in [1.807, 2.05) is 228 Å². The van der Waals surface area contributed by atoms with Crippen molar-refractivity contribution in [1.82, 2.24) is 20.9 Å². The molecule has 0 fully saturated rings. The van der Waals surface area contributed by atoms with Gasteiger partial charge in [0.2, 0.25) is 11.8 Å². The van der Waals surface area contributed by atoms with Crippen LogP contribution in [0.3, 0.4) is 0 Å². The van der Waals surface area contributed by atoms with Gasteiger partial charge >= 0.3 is 0 Å². The van der Waals surface area contributed by atoms with E-state index in [1.54, 1.807) is 11.9 Å². The fraction of sp³-hybridized carbons (Fsp3) is 0.980. The molecule has 0 aromatic heterocycles. The number of carbonyl (C=O) groups excluding carboxylic acids is 2. The molecular weight excluding hydrogens is 1750 g/mol. The van der Waals surface area contributed by atoms with Gasteiger partial charge in [0.15, 0.2) is 0 Å². The smallest absolute Gasteiger partial charge is 0.248 e. The molecule has 0 heterocycles. The SMILES string of the molecule is CC(C)(C)NC(=O)COCCOCCOC(C)(C)C.CC(C)(C)NCCOCCOCCOC(C)(C)C.CC(C)(C)OCCOCCOC(C)(C)C.CC(C)(C)OCCOCCOCCOC(C)(C)C.CC(C)OCCOCCOCCOCCNC(C)(C)C.CC(C)OCCOCCOCCOCCOC(C)(C)C.CC(C)OCCOCCOCCOCCOCC(=O)N(C)C(C)(C)C. The van der Waals surface area contributed by atoms with E-state index in [-0.39, 0.29) is 105 Å². The van der Waals surface area contributed by atoms with Gasteiger partial charge < -0.3 is 149 Å². The Labute approximate surface area is 826 Å². The molecule has 0 saturated heterocycles. The average Bonchev–Trinajstić information content (AvgIpc) is 0.883. The van der Waals surface area contributed by atoms with E-state index < -0.39 is 0 Å². The number of likely N-dealkylation sites (N-methyl/N-ethyl adjacent to an activating group) is 1. The lowest BCUT2D eigenvalue weighted by atomic mass is 10.1. The summed E-state index contributed by atoms with van der Waals surface area (Å²) in [6.45, 7) is 106. The Hall–Kier alpha value is -2.22. The topological polar surface area (TPSA) is 323 Å². The molecule has 0 aliphatic carbocycles. The molecule has 135 heavy (non-hydrogen) atoms. The second kappa shape index (κ2) is 90.5. The maximum Gasteiger partial charge on any atom is 0.248 e. The van der Waals surface area contributed by atoms with E-state index >= 15 is 0 Å². The summed E-state index contributed by atoms with van der Waals surface area (Å²) in [4.78, 5) is 24.9. The molecule has 0 aliphatic heterocycles. The van der Waals surface area contributed by atoms with Crippen LogP contribution < -0.4 is 16.0 Å². The van der Waals surface area contributed by atoms with Gasteiger partial charge in [-0.05, 0) is 270 Å². The van der Waals surface area contributed by atoms with Gasteiger partial charge in [0, 0.05) is 42.3 Å². The molecule has 820 valence electrons. The fourth-order valence-corrected chi connectivity index (χ4v) is 8.83.